The molecule has 4 fully saturated rings. The summed E-state index contributed by atoms with van der Waals surface area (Å²) < 4.78 is 0. The molecule has 5 rings (SSSR count). The molecule has 4 bridgehead atoms. The Balaban J connectivity index is 1.40. The van der Waals surface area contributed by atoms with E-state index in [4.69, 9.17) is 0 Å². The van der Waals surface area contributed by atoms with Crippen molar-refractivity contribution in [3.05, 3.63) is 22.4 Å². The van der Waals surface area contributed by atoms with Gasteiger partial charge in [0, 0.05) is 12.6 Å². The van der Waals surface area contributed by atoms with Crippen LogP contribution >= 0.6 is 11.3 Å². The van der Waals surface area contributed by atoms with E-state index in [2.05, 4.69) is 17.6 Å². The van der Waals surface area contributed by atoms with Gasteiger partial charge < -0.3 is 10.4 Å². The number of thiophene rings is 1. The number of hydrogen-bond acceptors (Lipinski definition) is 3. The van der Waals surface area contributed by atoms with Crippen LogP contribution < -0.4 is 5.32 Å². The molecule has 1 aromatic heterocycles. The van der Waals surface area contributed by atoms with Crippen molar-refractivity contribution in [2.24, 2.45) is 23.2 Å². The molecule has 3 heteroatoms. The van der Waals surface area contributed by atoms with Gasteiger partial charge in [0.25, 0.3) is 0 Å². The maximum atomic E-state index is 10.3. The smallest absolute Gasteiger partial charge is 0.0922 e. The summed E-state index contributed by atoms with van der Waals surface area (Å²) in [6.07, 6.45) is 8.45. The fraction of sp³-hybridized carbons (Fsp3) is 0.778. The Bertz CT molecular complexity index is 448. The predicted molar refractivity (Wildman–Crippen MR) is 87.3 cm³/mol. The average molecular weight is 305 g/mol. The SMILES string of the molecule is CC(NCC(O)c1ccsc1)C12CC3CC(CC(C3)C1)C2. The van der Waals surface area contributed by atoms with E-state index >= 15 is 0 Å². The number of hydrogen-bond donors (Lipinski definition) is 2. The minimum Gasteiger partial charge on any atom is -0.387 e. The highest BCUT2D eigenvalue weighted by Crippen LogP contribution is 2.61. The van der Waals surface area contributed by atoms with Gasteiger partial charge in [0.2, 0.25) is 0 Å². The van der Waals surface area contributed by atoms with Crippen LogP contribution in [0.4, 0.5) is 0 Å². The lowest BCUT2D eigenvalue weighted by atomic mass is 9.48. The highest BCUT2D eigenvalue weighted by atomic mass is 32.1. The maximum Gasteiger partial charge on any atom is 0.0922 e. The molecule has 116 valence electrons. The molecular weight excluding hydrogens is 278 g/mol. The van der Waals surface area contributed by atoms with Crippen molar-refractivity contribution in [1.29, 1.82) is 0 Å². The van der Waals surface area contributed by atoms with E-state index in [0.29, 0.717) is 18.0 Å². The molecule has 1 aromatic rings. The molecule has 2 nitrogen and oxygen atoms in total. The van der Waals surface area contributed by atoms with Gasteiger partial charge >= 0.3 is 0 Å². The van der Waals surface area contributed by atoms with Gasteiger partial charge in [0.1, 0.15) is 0 Å². The second kappa shape index (κ2) is 5.36. The lowest BCUT2D eigenvalue weighted by Gasteiger charge is -2.59. The summed E-state index contributed by atoms with van der Waals surface area (Å²) in [6, 6.07) is 2.58. The largest absolute Gasteiger partial charge is 0.387 e. The second-order valence-corrected chi connectivity index (χ2v) is 8.76. The molecular formula is C18H27NOS. The predicted octanol–water partition coefficient (Wildman–Crippen LogP) is 3.98. The fourth-order valence-corrected chi connectivity index (χ4v) is 6.50. The van der Waals surface area contributed by atoms with E-state index in [1.807, 2.05) is 11.4 Å². The Labute approximate surface area is 132 Å². The minimum atomic E-state index is -0.354. The van der Waals surface area contributed by atoms with Gasteiger partial charge in [-0.3, -0.25) is 0 Å². The molecule has 1 heterocycles. The van der Waals surface area contributed by atoms with Gasteiger partial charge in [-0.25, -0.2) is 0 Å². The second-order valence-electron chi connectivity index (χ2n) is 7.98. The van der Waals surface area contributed by atoms with Crippen molar-refractivity contribution >= 4 is 11.3 Å². The molecule has 2 N–H and O–H groups in total. The van der Waals surface area contributed by atoms with E-state index in [0.717, 1.165) is 23.3 Å². The lowest BCUT2D eigenvalue weighted by molar-refractivity contribution is -0.0716. The van der Waals surface area contributed by atoms with E-state index in [-0.39, 0.29) is 6.10 Å². The van der Waals surface area contributed by atoms with Crippen LogP contribution in [0.1, 0.15) is 57.1 Å². The molecule has 2 unspecified atom stereocenters. The van der Waals surface area contributed by atoms with Crippen molar-refractivity contribution in [3.8, 4) is 0 Å². The summed E-state index contributed by atoms with van der Waals surface area (Å²) >= 11 is 1.66. The van der Waals surface area contributed by atoms with Crippen LogP contribution in [-0.2, 0) is 0 Å². The van der Waals surface area contributed by atoms with Gasteiger partial charge in [-0.1, -0.05) is 0 Å². The van der Waals surface area contributed by atoms with Crippen LogP contribution in [0.25, 0.3) is 0 Å². The van der Waals surface area contributed by atoms with Gasteiger partial charge in [0.05, 0.1) is 6.10 Å². The zero-order chi connectivity index (χ0) is 14.4. The molecule has 2 atom stereocenters. The zero-order valence-corrected chi connectivity index (χ0v) is 13.7. The van der Waals surface area contributed by atoms with E-state index in [1.54, 1.807) is 11.3 Å². The quantitative estimate of drug-likeness (QED) is 0.862. The standard InChI is InChI=1S/C18H27NOS/c1-12(19-10-17(20)16-2-3-21-11-16)18-7-13-4-14(8-18)6-15(5-13)9-18/h2-3,11-15,17,19-20H,4-10H2,1H3. The summed E-state index contributed by atoms with van der Waals surface area (Å²) in [5.41, 5.74) is 1.59. The van der Waals surface area contributed by atoms with Crippen molar-refractivity contribution in [3.63, 3.8) is 0 Å². The maximum absolute atomic E-state index is 10.3. The van der Waals surface area contributed by atoms with E-state index in [1.165, 1.54) is 38.5 Å². The Morgan fingerprint density at radius 1 is 1.24 bits per heavy atom. The molecule has 4 aliphatic carbocycles. The fourth-order valence-electron chi connectivity index (χ4n) is 5.80. The molecule has 4 saturated carbocycles. The summed E-state index contributed by atoms with van der Waals surface area (Å²) in [4.78, 5) is 0. The summed E-state index contributed by atoms with van der Waals surface area (Å²) in [6.45, 7) is 3.06. The Kier molecular flexibility index (Phi) is 3.63. The monoisotopic (exact) mass is 305 g/mol. The topological polar surface area (TPSA) is 32.3 Å². The van der Waals surface area contributed by atoms with Crippen LogP contribution in [0.2, 0.25) is 0 Å². The molecule has 0 saturated heterocycles. The first-order valence-electron chi connectivity index (χ1n) is 8.58. The highest BCUT2D eigenvalue weighted by Gasteiger charge is 2.52. The third-order valence-electron chi connectivity index (χ3n) is 6.55. The molecule has 0 amide bonds. The number of rotatable bonds is 5. The zero-order valence-electron chi connectivity index (χ0n) is 12.9. The van der Waals surface area contributed by atoms with Gasteiger partial charge in [-0.05, 0) is 91.0 Å². The molecule has 4 aliphatic rings. The minimum absolute atomic E-state index is 0.354. The van der Waals surface area contributed by atoms with Crippen LogP contribution in [0, 0.1) is 23.2 Å². The molecule has 21 heavy (non-hydrogen) atoms. The van der Waals surface area contributed by atoms with Crippen molar-refractivity contribution in [1.82, 2.24) is 5.32 Å². The Morgan fingerprint density at radius 3 is 2.38 bits per heavy atom. The molecule has 0 spiro atoms. The van der Waals surface area contributed by atoms with Crippen LogP contribution in [-0.4, -0.2) is 17.7 Å². The van der Waals surface area contributed by atoms with Crippen LogP contribution in [0.5, 0.6) is 0 Å². The van der Waals surface area contributed by atoms with Crippen LogP contribution in [0.3, 0.4) is 0 Å². The van der Waals surface area contributed by atoms with Crippen molar-refractivity contribution < 1.29 is 5.11 Å². The third kappa shape index (κ3) is 2.58. The Morgan fingerprint density at radius 2 is 1.86 bits per heavy atom. The van der Waals surface area contributed by atoms with Crippen molar-refractivity contribution in [2.45, 2.75) is 57.6 Å². The first-order chi connectivity index (χ1) is 10.1. The van der Waals surface area contributed by atoms with E-state index in [9.17, 15) is 5.11 Å². The number of nitrogens with one attached hydrogen (secondary N) is 1. The third-order valence-corrected chi connectivity index (χ3v) is 7.25. The van der Waals surface area contributed by atoms with E-state index < -0.39 is 0 Å². The number of aliphatic hydroxyl groups excluding tert-OH is 1. The summed E-state index contributed by atoms with van der Waals surface area (Å²) in [7, 11) is 0. The summed E-state index contributed by atoms with van der Waals surface area (Å²) in [5, 5.41) is 18.1. The molecule has 0 aliphatic heterocycles. The highest BCUT2D eigenvalue weighted by molar-refractivity contribution is 7.07. The first-order valence-corrected chi connectivity index (χ1v) is 9.52. The van der Waals surface area contributed by atoms with Crippen LogP contribution in [0.15, 0.2) is 16.8 Å². The van der Waals surface area contributed by atoms with Gasteiger partial charge in [0.15, 0.2) is 0 Å². The Hall–Kier alpha value is -0.380. The average Bonchev–Trinajstić information content (AvgIpc) is 2.97. The molecule has 0 aromatic carbocycles. The van der Waals surface area contributed by atoms with Crippen molar-refractivity contribution in [2.75, 3.05) is 6.54 Å². The van der Waals surface area contributed by atoms with Gasteiger partial charge in [-0.2, -0.15) is 11.3 Å². The normalized spacial score (nSPS) is 40.4. The lowest BCUT2D eigenvalue weighted by Crippen LogP contribution is -2.55. The first kappa shape index (κ1) is 14.2. The number of aliphatic hydroxyl groups is 1. The molecule has 0 radical (unpaired) electrons. The summed E-state index contributed by atoms with van der Waals surface area (Å²) in [5.74, 6) is 3.01. The van der Waals surface area contributed by atoms with Gasteiger partial charge in [-0.15, -0.1) is 0 Å².